The van der Waals surface area contributed by atoms with Crippen LogP contribution in [0, 0.1) is 0 Å². The van der Waals surface area contributed by atoms with Gasteiger partial charge in [0.05, 0.1) is 6.61 Å². The summed E-state index contributed by atoms with van der Waals surface area (Å²) in [5, 5.41) is 0. The van der Waals surface area contributed by atoms with E-state index in [-0.39, 0.29) is 5.97 Å². The molecule has 0 radical (unpaired) electrons. The summed E-state index contributed by atoms with van der Waals surface area (Å²) in [6, 6.07) is 0. The first-order valence-corrected chi connectivity index (χ1v) is 4.57. The summed E-state index contributed by atoms with van der Waals surface area (Å²) >= 11 is 2.10. The predicted molar refractivity (Wildman–Crippen MR) is 53.6 cm³/mol. The van der Waals surface area contributed by atoms with Crippen LogP contribution in [-0.4, -0.2) is 12.6 Å². The van der Waals surface area contributed by atoms with Gasteiger partial charge in [0.1, 0.15) is 0 Å². The Labute approximate surface area is 80.5 Å². The molecule has 0 aliphatic heterocycles. The minimum absolute atomic E-state index is 0.278. The van der Waals surface area contributed by atoms with Crippen molar-refractivity contribution < 1.29 is 9.53 Å². The third-order valence-corrected chi connectivity index (χ3v) is 1.32. The number of rotatable bonds is 3. The van der Waals surface area contributed by atoms with Crippen LogP contribution in [0.3, 0.4) is 0 Å². The van der Waals surface area contributed by atoms with Crippen molar-refractivity contribution in [3.63, 3.8) is 0 Å². The molecule has 0 aromatic rings. The number of esters is 1. The van der Waals surface area contributed by atoms with Crippen LogP contribution in [0.2, 0.25) is 0 Å². The lowest BCUT2D eigenvalue weighted by Gasteiger charge is -1.95. The van der Waals surface area contributed by atoms with E-state index in [9.17, 15) is 4.79 Å². The maximum atomic E-state index is 10.8. The Morgan fingerprint density at radius 3 is 2.73 bits per heavy atom. The first-order valence-electron chi connectivity index (χ1n) is 3.32. The van der Waals surface area contributed by atoms with Gasteiger partial charge in [0.25, 0.3) is 0 Å². The number of carbonyl (C=O) groups is 1. The highest BCUT2D eigenvalue weighted by Gasteiger charge is 1.93. The van der Waals surface area contributed by atoms with Gasteiger partial charge in [-0.1, -0.05) is 28.7 Å². The van der Waals surface area contributed by atoms with Crippen LogP contribution >= 0.6 is 22.6 Å². The zero-order chi connectivity index (χ0) is 8.69. The van der Waals surface area contributed by atoms with E-state index in [4.69, 9.17) is 4.74 Å². The van der Waals surface area contributed by atoms with E-state index < -0.39 is 0 Å². The SMILES string of the molecule is CCOC(=O)C=C(C)C=CI. The molecule has 3 heteroatoms. The van der Waals surface area contributed by atoms with Gasteiger partial charge in [-0.3, -0.25) is 0 Å². The maximum Gasteiger partial charge on any atom is 0.330 e. The van der Waals surface area contributed by atoms with Gasteiger partial charge in [-0.2, -0.15) is 0 Å². The summed E-state index contributed by atoms with van der Waals surface area (Å²) < 4.78 is 6.56. The molecule has 0 saturated heterocycles. The van der Waals surface area contributed by atoms with E-state index in [1.54, 1.807) is 6.92 Å². The van der Waals surface area contributed by atoms with E-state index in [0.717, 1.165) is 5.57 Å². The summed E-state index contributed by atoms with van der Waals surface area (Å²) in [5.74, 6) is -0.278. The Kier molecular flexibility index (Phi) is 6.21. The molecule has 0 atom stereocenters. The molecule has 0 aliphatic carbocycles. The second-order valence-electron chi connectivity index (χ2n) is 1.93. The molecule has 0 N–H and O–H groups in total. The van der Waals surface area contributed by atoms with Crippen molar-refractivity contribution in [3.8, 4) is 0 Å². The van der Waals surface area contributed by atoms with Crippen LogP contribution in [0.5, 0.6) is 0 Å². The highest BCUT2D eigenvalue weighted by atomic mass is 127. The zero-order valence-corrected chi connectivity index (χ0v) is 8.79. The Morgan fingerprint density at radius 1 is 1.64 bits per heavy atom. The lowest BCUT2D eigenvalue weighted by Crippen LogP contribution is -1.99. The van der Waals surface area contributed by atoms with Crippen LogP contribution < -0.4 is 0 Å². The molecule has 0 aromatic heterocycles. The summed E-state index contributed by atoms with van der Waals surface area (Å²) in [4.78, 5) is 10.8. The van der Waals surface area contributed by atoms with Crippen LogP contribution in [0.25, 0.3) is 0 Å². The number of allylic oxidation sites excluding steroid dienone is 2. The van der Waals surface area contributed by atoms with Crippen molar-refractivity contribution >= 4 is 28.6 Å². The summed E-state index contributed by atoms with van der Waals surface area (Å²) in [6.45, 7) is 4.07. The molecule has 0 rings (SSSR count). The van der Waals surface area contributed by atoms with Crippen molar-refractivity contribution in [1.82, 2.24) is 0 Å². The molecule has 0 fully saturated rings. The van der Waals surface area contributed by atoms with E-state index in [2.05, 4.69) is 22.6 Å². The van der Waals surface area contributed by atoms with Gasteiger partial charge in [0, 0.05) is 6.08 Å². The molecule has 0 heterocycles. The lowest BCUT2D eigenvalue weighted by atomic mass is 10.3. The van der Waals surface area contributed by atoms with Crippen LogP contribution in [0.1, 0.15) is 13.8 Å². The van der Waals surface area contributed by atoms with E-state index >= 15 is 0 Å². The number of hydrogen-bond donors (Lipinski definition) is 0. The Balaban J connectivity index is 3.96. The summed E-state index contributed by atoms with van der Waals surface area (Å²) in [5.41, 5.74) is 0.901. The number of carbonyl (C=O) groups excluding carboxylic acids is 1. The third-order valence-electron chi connectivity index (χ3n) is 0.958. The smallest absolute Gasteiger partial charge is 0.330 e. The molecular formula is C8H11IO2. The second-order valence-corrected chi connectivity index (χ2v) is 2.65. The van der Waals surface area contributed by atoms with Crippen LogP contribution in [-0.2, 0) is 9.53 Å². The first-order chi connectivity index (χ1) is 5.20. The van der Waals surface area contributed by atoms with Gasteiger partial charge in [0.2, 0.25) is 0 Å². The fraction of sp³-hybridized carbons (Fsp3) is 0.375. The number of hydrogen-bond acceptors (Lipinski definition) is 2. The van der Waals surface area contributed by atoms with Crippen LogP contribution in [0.4, 0.5) is 0 Å². The predicted octanol–water partition coefficient (Wildman–Crippen LogP) is 2.44. The van der Waals surface area contributed by atoms with Crippen molar-refractivity contribution in [2.24, 2.45) is 0 Å². The highest BCUT2D eigenvalue weighted by molar-refractivity contribution is 14.1. The van der Waals surface area contributed by atoms with Crippen molar-refractivity contribution in [2.45, 2.75) is 13.8 Å². The second kappa shape index (κ2) is 6.39. The topological polar surface area (TPSA) is 26.3 Å². The van der Waals surface area contributed by atoms with E-state index in [1.165, 1.54) is 6.08 Å². The van der Waals surface area contributed by atoms with Gasteiger partial charge in [0.15, 0.2) is 0 Å². The summed E-state index contributed by atoms with van der Waals surface area (Å²) in [6.07, 6.45) is 3.32. The fourth-order valence-electron chi connectivity index (χ4n) is 0.517. The minimum atomic E-state index is -0.278. The van der Waals surface area contributed by atoms with Crippen molar-refractivity contribution in [3.05, 3.63) is 21.8 Å². The highest BCUT2D eigenvalue weighted by Crippen LogP contribution is 1.98. The van der Waals surface area contributed by atoms with Crippen molar-refractivity contribution in [1.29, 1.82) is 0 Å². The lowest BCUT2D eigenvalue weighted by molar-refractivity contribution is -0.137. The molecule has 0 unspecified atom stereocenters. The van der Waals surface area contributed by atoms with Gasteiger partial charge < -0.3 is 4.74 Å². The van der Waals surface area contributed by atoms with Gasteiger partial charge in [-0.15, -0.1) is 0 Å². The van der Waals surface area contributed by atoms with Gasteiger partial charge >= 0.3 is 5.97 Å². The molecule has 0 spiro atoms. The van der Waals surface area contributed by atoms with E-state index in [1.807, 2.05) is 17.1 Å². The zero-order valence-electron chi connectivity index (χ0n) is 6.63. The molecule has 2 nitrogen and oxygen atoms in total. The molecule has 0 saturated carbocycles. The quantitative estimate of drug-likeness (QED) is 0.339. The normalized spacial score (nSPS) is 12.1. The van der Waals surface area contributed by atoms with Crippen LogP contribution in [0.15, 0.2) is 21.8 Å². The monoisotopic (exact) mass is 266 g/mol. The average molecular weight is 266 g/mol. The number of ether oxygens (including phenoxy) is 1. The molecule has 0 aliphatic rings. The van der Waals surface area contributed by atoms with E-state index in [0.29, 0.717) is 6.61 Å². The van der Waals surface area contributed by atoms with Gasteiger partial charge in [-0.05, 0) is 23.5 Å². The molecule has 0 aromatic carbocycles. The molecule has 0 amide bonds. The molecule has 62 valence electrons. The molecular weight excluding hydrogens is 255 g/mol. The Hall–Kier alpha value is -0.320. The molecule has 0 bridgehead atoms. The number of halogens is 1. The summed E-state index contributed by atoms with van der Waals surface area (Å²) in [7, 11) is 0. The Bertz CT molecular complexity index is 183. The third kappa shape index (κ3) is 6.09. The largest absolute Gasteiger partial charge is 0.463 e. The minimum Gasteiger partial charge on any atom is -0.463 e. The first kappa shape index (κ1) is 10.7. The Morgan fingerprint density at radius 2 is 2.27 bits per heavy atom. The maximum absolute atomic E-state index is 10.8. The van der Waals surface area contributed by atoms with Gasteiger partial charge in [-0.25, -0.2) is 4.79 Å². The average Bonchev–Trinajstić information content (AvgIpc) is 1.87. The standard InChI is InChI=1S/C8H11IO2/c1-3-11-8(10)6-7(2)4-5-9/h4-6H,3H2,1-2H3. The fourth-order valence-corrected chi connectivity index (χ4v) is 1.08. The molecule has 11 heavy (non-hydrogen) atoms. The van der Waals surface area contributed by atoms with Crippen molar-refractivity contribution in [2.75, 3.05) is 6.61 Å².